The molecule has 0 aromatic rings. The molecule has 342 valence electrons. The van der Waals surface area contributed by atoms with Crippen LogP contribution in [0, 0.1) is 77.8 Å². The van der Waals surface area contributed by atoms with E-state index in [1.807, 2.05) is 0 Å². The first-order chi connectivity index (χ1) is 24.3. The summed E-state index contributed by atoms with van der Waals surface area (Å²) in [5, 5.41) is 8.95. The van der Waals surface area contributed by atoms with E-state index >= 15 is 0 Å². The Bertz CT molecular complexity index is 1100. The van der Waals surface area contributed by atoms with Gasteiger partial charge in [0.05, 0.1) is 11.5 Å². The number of hydrogen-bond acceptors (Lipinski definition) is 1. The zero-order valence-electron chi connectivity index (χ0n) is 41.8. The van der Waals surface area contributed by atoms with E-state index in [4.69, 9.17) is 5.26 Å². The van der Waals surface area contributed by atoms with Gasteiger partial charge in [-0.15, -0.1) is 0 Å². The second kappa shape index (κ2) is 21.5. The molecule has 0 spiro atoms. The van der Waals surface area contributed by atoms with Crippen molar-refractivity contribution < 1.29 is 4.39 Å². The van der Waals surface area contributed by atoms with Crippen molar-refractivity contribution in [1.82, 2.24) is 0 Å². The molecule has 57 heavy (non-hydrogen) atoms. The van der Waals surface area contributed by atoms with E-state index in [0.29, 0.717) is 38.4 Å². The Kier molecular flexibility index (Phi) is 22.0. The van der Waals surface area contributed by atoms with Crippen LogP contribution in [-0.2, 0) is 0 Å². The van der Waals surface area contributed by atoms with Crippen molar-refractivity contribution in [3.63, 3.8) is 0 Å². The predicted molar refractivity (Wildman–Crippen MR) is 258 cm³/mol. The maximum absolute atomic E-state index is 13.0. The molecule has 6 fully saturated rings. The van der Waals surface area contributed by atoms with Crippen LogP contribution in [0.5, 0.6) is 0 Å². The molecule has 0 aromatic carbocycles. The first-order valence-electron chi connectivity index (χ1n) is 23.4. The Hall–Kier alpha value is -0.580. The Morgan fingerprint density at radius 2 is 0.860 bits per heavy atom. The highest BCUT2D eigenvalue weighted by molar-refractivity contribution is 5.06. The van der Waals surface area contributed by atoms with Gasteiger partial charge in [-0.2, -0.15) is 5.26 Å². The minimum atomic E-state index is -0.826. The van der Waals surface area contributed by atoms with E-state index < -0.39 is 5.67 Å². The Labute approximate surface area is 362 Å². The largest absolute Gasteiger partial charge is 0.244 e. The van der Waals surface area contributed by atoms with Crippen LogP contribution < -0.4 is 0 Å². The van der Waals surface area contributed by atoms with Crippen LogP contribution in [-0.4, -0.2) is 5.67 Å². The summed E-state index contributed by atoms with van der Waals surface area (Å²) in [5.74, 6) is 2.46. The van der Waals surface area contributed by atoms with Crippen LogP contribution >= 0.6 is 0 Å². The zero-order valence-corrected chi connectivity index (χ0v) is 41.8. The van der Waals surface area contributed by atoms with Crippen molar-refractivity contribution in [2.75, 3.05) is 0 Å². The van der Waals surface area contributed by atoms with Crippen LogP contribution in [0.25, 0.3) is 0 Å². The van der Waals surface area contributed by atoms with Gasteiger partial charge in [0.15, 0.2) is 0 Å². The summed E-state index contributed by atoms with van der Waals surface area (Å²) < 4.78 is 13.0. The topological polar surface area (TPSA) is 23.8 Å². The van der Waals surface area contributed by atoms with E-state index in [-0.39, 0.29) is 20.3 Å². The van der Waals surface area contributed by atoms with Crippen LogP contribution in [0.4, 0.5) is 4.39 Å². The maximum Gasteiger partial charge on any atom is 0.111 e. The zero-order chi connectivity index (χ0) is 43.2. The average Bonchev–Trinajstić information content (AvgIpc) is 3.73. The van der Waals surface area contributed by atoms with Gasteiger partial charge < -0.3 is 0 Å². The first kappa shape index (κ1) is 58.5. The van der Waals surface area contributed by atoms with Crippen molar-refractivity contribution in [1.29, 1.82) is 5.26 Å². The fourth-order valence-corrected chi connectivity index (χ4v) is 9.20. The number of alkyl halides is 1. The molecule has 1 nitrogen and oxygen atoms in total. The lowest BCUT2D eigenvalue weighted by atomic mass is 9.62. The highest BCUT2D eigenvalue weighted by Gasteiger charge is 2.51. The summed E-state index contributed by atoms with van der Waals surface area (Å²) in [5.41, 5.74) is 3.59. The standard InChI is InChI=1S/C10H17N.C9H17F.2C9H18.2C8H16.2CH4/c1-9(2,3)7-10(8-11)5-4-6-10;1-8(2,3)5-7-6-9(7,4)10;2*1-8(2,3)7-9(4)5-6-9;1-8(2,3)6-7-4-5-7;1-8(2,3)7-5-4-6-7;;/h4-7H2,1-3H3;7H,5-6H2,1-4H3;2*5-7H2,1-4H3;2*7H,4-6H2,1-3H3;2*1H4. The second-order valence-electron chi connectivity index (χ2n) is 28.2. The molecule has 6 aliphatic carbocycles. The van der Waals surface area contributed by atoms with Crippen molar-refractivity contribution >= 4 is 0 Å². The van der Waals surface area contributed by atoms with Crippen molar-refractivity contribution in [3.8, 4) is 6.07 Å². The molecule has 0 saturated heterocycles. The molecule has 0 aromatic heterocycles. The van der Waals surface area contributed by atoms with Gasteiger partial charge >= 0.3 is 0 Å². The van der Waals surface area contributed by atoms with Gasteiger partial charge in [0.2, 0.25) is 0 Å². The molecule has 0 N–H and O–H groups in total. The quantitative estimate of drug-likeness (QED) is 0.272. The third kappa shape index (κ3) is 30.2. The maximum atomic E-state index is 13.0. The first-order valence-corrected chi connectivity index (χ1v) is 23.4. The monoisotopic (exact) mass is 804 g/mol. The molecule has 0 aliphatic heterocycles. The smallest absolute Gasteiger partial charge is 0.111 e. The van der Waals surface area contributed by atoms with Gasteiger partial charge in [-0.05, 0) is 158 Å². The number of halogens is 1. The minimum Gasteiger partial charge on any atom is -0.244 e. The van der Waals surface area contributed by atoms with Crippen LogP contribution in [0.15, 0.2) is 0 Å². The minimum absolute atomic E-state index is 0. The Morgan fingerprint density at radius 3 is 0.930 bits per heavy atom. The summed E-state index contributed by atoms with van der Waals surface area (Å²) in [4.78, 5) is 0. The molecule has 6 rings (SSSR count). The van der Waals surface area contributed by atoms with Gasteiger partial charge in [-0.1, -0.05) is 179 Å². The highest BCUT2D eigenvalue weighted by Crippen LogP contribution is 2.54. The Balaban J connectivity index is 0. The summed E-state index contributed by atoms with van der Waals surface area (Å²) in [7, 11) is 0. The lowest BCUT2D eigenvalue weighted by molar-refractivity contribution is 0.133. The summed E-state index contributed by atoms with van der Waals surface area (Å²) in [6.45, 7) is 47.6. The molecule has 2 atom stereocenters. The highest BCUT2D eigenvalue weighted by atomic mass is 19.1. The Morgan fingerprint density at radius 1 is 0.509 bits per heavy atom. The lowest BCUT2D eigenvalue weighted by Crippen LogP contribution is -2.32. The fourth-order valence-electron chi connectivity index (χ4n) is 9.20. The van der Waals surface area contributed by atoms with E-state index in [1.54, 1.807) is 6.92 Å². The van der Waals surface area contributed by atoms with E-state index in [1.165, 1.54) is 83.5 Å². The number of hydrogen-bond donors (Lipinski definition) is 0. The molecule has 2 heteroatoms. The van der Waals surface area contributed by atoms with Gasteiger partial charge in [0.1, 0.15) is 5.67 Å². The molecule has 6 saturated carbocycles. The van der Waals surface area contributed by atoms with Crippen LogP contribution in [0.3, 0.4) is 0 Å². The van der Waals surface area contributed by atoms with Crippen LogP contribution in [0.2, 0.25) is 0 Å². The van der Waals surface area contributed by atoms with Gasteiger partial charge in [-0.25, -0.2) is 4.39 Å². The molecule has 0 bridgehead atoms. The molecule has 6 aliphatic rings. The molecular weight excluding hydrogens is 694 g/mol. The third-order valence-electron chi connectivity index (χ3n) is 12.7. The number of nitriles is 1. The molecule has 2 unspecified atom stereocenters. The van der Waals surface area contributed by atoms with E-state index in [9.17, 15) is 4.39 Å². The summed E-state index contributed by atoms with van der Waals surface area (Å²) in [6.07, 6.45) is 23.9. The molecular formula is C55H110FN. The number of nitrogens with zero attached hydrogens (tertiary/aromatic N) is 1. The molecule has 0 heterocycles. The normalized spacial score (nSPS) is 25.0. The lowest BCUT2D eigenvalue weighted by Gasteiger charge is -2.39. The van der Waals surface area contributed by atoms with Crippen molar-refractivity contribution in [3.05, 3.63) is 0 Å². The SMILES string of the molecule is C.C.CC(C)(C)C1CCC1.CC(C)(C)CC1(C#N)CCC1.CC(C)(C)CC1(C)CC1.CC(C)(C)CC1(C)CC1.CC(C)(C)CC1CC1.CC(C)(C)CC1CC1(C)F. The van der Waals surface area contributed by atoms with Gasteiger partial charge in [0, 0.05) is 0 Å². The fraction of sp³-hybridized carbons (Fsp3) is 0.982. The average molecular weight is 804 g/mol. The van der Waals surface area contributed by atoms with E-state index in [2.05, 4.69) is 145 Å². The summed E-state index contributed by atoms with van der Waals surface area (Å²) in [6, 6.07) is 2.47. The number of rotatable bonds is 5. The van der Waals surface area contributed by atoms with Gasteiger partial charge in [0.25, 0.3) is 0 Å². The van der Waals surface area contributed by atoms with Crippen LogP contribution in [0.1, 0.15) is 276 Å². The second-order valence-corrected chi connectivity index (χ2v) is 28.2. The van der Waals surface area contributed by atoms with Gasteiger partial charge in [-0.3, -0.25) is 0 Å². The third-order valence-corrected chi connectivity index (χ3v) is 12.7. The van der Waals surface area contributed by atoms with E-state index in [0.717, 1.165) is 54.8 Å². The molecule has 0 radical (unpaired) electrons. The summed E-state index contributed by atoms with van der Waals surface area (Å²) >= 11 is 0. The molecule has 0 amide bonds. The van der Waals surface area contributed by atoms with Crippen molar-refractivity contribution in [2.45, 2.75) is 281 Å². The van der Waals surface area contributed by atoms with Crippen molar-refractivity contribution in [2.24, 2.45) is 66.5 Å². The predicted octanol–water partition coefficient (Wildman–Crippen LogP) is 19.7.